The van der Waals surface area contributed by atoms with Crippen molar-refractivity contribution in [3.63, 3.8) is 0 Å². The maximum absolute atomic E-state index is 5.98. The Balaban J connectivity index is 2.53. The van der Waals surface area contributed by atoms with Crippen LogP contribution in [-0.2, 0) is 6.42 Å². The van der Waals surface area contributed by atoms with Crippen LogP contribution in [0.2, 0.25) is 0 Å². The predicted molar refractivity (Wildman–Crippen MR) is 54.6 cm³/mol. The molecule has 1 aromatic rings. The van der Waals surface area contributed by atoms with Crippen LogP contribution in [-0.4, -0.2) is 5.38 Å². The van der Waals surface area contributed by atoms with Crippen molar-refractivity contribution in [2.24, 2.45) is 5.92 Å². The van der Waals surface area contributed by atoms with E-state index in [0.717, 1.165) is 6.42 Å². The third kappa shape index (κ3) is 2.86. The van der Waals surface area contributed by atoms with Gasteiger partial charge in [0, 0.05) is 5.38 Å². The molecule has 0 amide bonds. The maximum atomic E-state index is 5.98. The van der Waals surface area contributed by atoms with Gasteiger partial charge < -0.3 is 0 Å². The highest BCUT2D eigenvalue weighted by Crippen LogP contribution is 2.15. The first-order chi connectivity index (χ1) is 5.70. The second-order valence-electron chi connectivity index (χ2n) is 3.34. The molecule has 0 spiro atoms. The summed E-state index contributed by atoms with van der Waals surface area (Å²) in [6.07, 6.45) is 1.07. The molecule has 0 nitrogen and oxygen atoms in total. The average molecular weight is 183 g/mol. The van der Waals surface area contributed by atoms with Crippen LogP contribution in [0.15, 0.2) is 30.3 Å². The summed E-state index contributed by atoms with van der Waals surface area (Å²) in [6.45, 7) is 4.24. The van der Waals surface area contributed by atoms with E-state index < -0.39 is 0 Å². The van der Waals surface area contributed by atoms with Crippen molar-refractivity contribution in [3.8, 4) is 0 Å². The van der Waals surface area contributed by atoms with E-state index in [1.807, 2.05) is 6.07 Å². The molecule has 0 fully saturated rings. The van der Waals surface area contributed by atoms with Crippen LogP contribution in [0.25, 0.3) is 0 Å². The lowest BCUT2D eigenvalue weighted by Gasteiger charge is -2.13. The van der Waals surface area contributed by atoms with Crippen LogP contribution in [0.4, 0.5) is 0 Å². The Morgan fingerprint density at radius 3 is 2.25 bits per heavy atom. The highest BCUT2D eigenvalue weighted by atomic mass is 35.5. The molecular formula is C11H15Cl. The number of hydrogen-bond donors (Lipinski definition) is 0. The molecule has 0 aromatic heterocycles. The van der Waals surface area contributed by atoms with Gasteiger partial charge in [-0.2, -0.15) is 0 Å². The van der Waals surface area contributed by atoms with Crippen LogP contribution in [0, 0.1) is 5.92 Å². The first kappa shape index (κ1) is 9.60. The molecular weight excluding hydrogens is 168 g/mol. The summed E-state index contributed by atoms with van der Waals surface area (Å²) < 4.78 is 0. The zero-order valence-corrected chi connectivity index (χ0v) is 8.38. The SMILES string of the molecule is C[C@H](Cl)[C@@H](C)Cc1ccccc1. The molecule has 0 aliphatic rings. The highest BCUT2D eigenvalue weighted by molar-refractivity contribution is 6.20. The number of hydrogen-bond acceptors (Lipinski definition) is 0. The predicted octanol–water partition coefficient (Wildman–Crippen LogP) is 3.49. The van der Waals surface area contributed by atoms with E-state index in [4.69, 9.17) is 11.6 Å². The van der Waals surface area contributed by atoms with Crippen molar-refractivity contribution in [1.82, 2.24) is 0 Å². The Kier molecular flexibility index (Phi) is 3.61. The van der Waals surface area contributed by atoms with Gasteiger partial charge in [0.05, 0.1) is 0 Å². The Morgan fingerprint density at radius 1 is 1.17 bits per heavy atom. The second kappa shape index (κ2) is 4.51. The minimum Gasteiger partial charge on any atom is -0.123 e. The normalized spacial score (nSPS) is 15.6. The van der Waals surface area contributed by atoms with Crippen LogP contribution in [0.1, 0.15) is 19.4 Å². The quantitative estimate of drug-likeness (QED) is 0.628. The fraction of sp³-hybridized carbons (Fsp3) is 0.455. The Labute approximate surface area is 79.6 Å². The van der Waals surface area contributed by atoms with Crippen molar-refractivity contribution in [3.05, 3.63) is 35.9 Å². The lowest BCUT2D eigenvalue weighted by Crippen LogP contribution is -2.09. The number of rotatable bonds is 3. The third-order valence-electron chi connectivity index (χ3n) is 2.18. The molecule has 0 radical (unpaired) electrons. The molecule has 1 heteroatoms. The van der Waals surface area contributed by atoms with Gasteiger partial charge >= 0.3 is 0 Å². The summed E-state index contributed by atoms with van der Waals surface area (Å²) >= 11 is 5.98. The van der Waals surface area contributed by atoms with Crippen molar-refractivity contribution >= 4 is 11.6 Å². The van der Waals surface area contributed by atoms with Crippen LogP contribution >= 0.6 is 11.6 Å². The topological polar surface area (TPSA) is 0 Å². The van der Waals surface area contributed by atoms with E-state index in [1.165, 1.54) is 5.56 Å². The van der Waals surface area contributed by atoms with E-state index in [1.54, 1.807) is 0 Å². The van der Waals surface area contributed by atoms with Gasteiger partial charge in [-0.1, -0.05) is 37.3 Å². The largest absolute Gasteiger partial charge is 0.123 e. The second-order valence-corrected chi connectivity index (χ2v) is 4.03. The van der Waals surface area contributed by atoms with Crippen molar-refractivity contribution in [1.29, 1.82) is 0 Å². The first-order valence-electron chi connectivity index (χ1n) is 4.38. The van der Waals surface area contributed by atoms with E-state index in [9.17, 15) is 0 Å². The molecule has 0 unspecified atom stereocenters. The van der Waals surface area contributed by atoms with Crippen LogP contribution in [0.5, 0.6) is 0 Å². The minimum atomic E-state index is 0.255. The van der Waals surface area contributed by atoms with Crippen LogP contribution < -0.4 is 0 Å². The molecule has 1 aromatic carbocycles. The van der Waals surface area contributed by atoms with Gasteiger partial charge in [0.1, 0.15) is 0 Å². The summed E-state index contributed by atoms with van der Waals surface area (Å²) in [7, 11) is 0. The maximum Gasteiger partial charge on any atom is 0.0336 e. The number of halogens is 1. The van der Waals surface area contributed by atoms with Gasteiger partial charge in [-0.05, 0) is 24.8 Å². The van der Waals surface area contributed by atoms with E-state index >= 15 is 0 Å². The Hall–Kier alpha value is -0.490. The molecule has 0 saturated heterocycles. The molecule has 2 atom stereocenters. The fourth-order valence-corrected chi connectivity index (χ4v) is 1.24. The number of alkyl halides is 1. The Bertz CT molecular complexity index is 216. The van der Waals surface area contributed by atoms with Crippen molar-refractivity contribution < 1.29 is 0 Å². The molecule has 12 heavy (non-hydrogen) atoms. The highest BCUT2D eigenvalue weighted by Gasteiger charge is 2.08. The van der Waals surface area contributed by atoms with E-state index in [2.05, 4.69) is 38.1 Å². The van der Waals surface area contributed by atoms with Gasteiger partial charge in [0.15, 0.2) is 0 Å². The fourth-order valence-electron chi connectivity index (χ4n) is 1.15. The zero-order valence-electron chi connectivity index (χ0n) is 7.63. The summed E-state index contributed by atoms with van der Waals surface area (Å²) in [5, 5.41) is 0.255. The molecule has 0 aliphatic heterocycles. The summed E-state index contributed by atoms with van der Waals surface area (Å²) in [6, 6.07) is 10.5. The molecule has 1 rings (SSSR count). The molecule has 66 valence electrons. The van der Waals surface area contributed by atoms with Gasteiger partial charge in [-0.3, -0.25) is 0 Å². The average Bonchev–Trinajstić information content (AvgIpc) is 2.06. The smallest absolute Gasteiger partial charge is 0.0336 e. The van der Waals surface area contributed by atoms with Crippen molar-refractivity contribution in [2.75, 3.05) is 0 Å². The zero-order chi connectivity index (χ0) is 8.97. The van der Waals surface area contributed by atoms with Gasteiger partial charge in [-0.25, -0.2) is 0 Å². The standard InChI is InChI=1S/C11H15Cl/c1-9(10(2)12)8-11-6-4-3-5-7-11/h3-7,9-10H,8H2,1-2H3/t9-,10-/m0/s1. The molecule has 0 bridgehead atoms. The van der Waals surface area contributed by atoms with Gasteiger partial charge in [0.2, 0.25) is 0 Å². The third-order valence-corrected chi connectivity index (χ3v) is 2.61. The Morgan fingerprint density at radius 2 is 1.75 bits per heavy atom. The first-order valence-corrected chi connectivity index (χ1v) is 4.82. The monoisotopic (exact) mass is 182 g/mol. The number of benzene rings is 1. The van der Waals surface area contributed by atoms with Gasteiger partial charge in [0.25, 0.3) is 0 Å². The van der Waals surface area contributed by atoms with E-state index in [0.29, 0.717) is 5.92 Å². The minimum absolute atomic E-state index is 0.255. The summed E-state index contributed by atoms with van der Waals surface area (Å²) in [4.78, 5) is 0. The molecule has 0 heterocycles. The van der Waals surface area contributed by atoms with Gasteiger partial charge in [-0.15, -0.1) is 11.6 Å². The molecule has 0 saturated carbocycles. The molecule has 0 aliphatic carbocycles. The lowest BCUT2D eigenvalue weighted by atomic mass is 9.99. The summed E-state index contributed by atoms with van der Waals surface area (Å²) in [5.74, 6) is 0.550. The van der Waals surface area contributed by atoms with Crippen LogP contribution in [0.3, 0.4) is 0 Å². The van der Waals surface area contributed by atoms with E-state index in [-0.39, 0.29) is 5.38 Å². The van der Waals surface area contributed by atoms with Crippen molar-refractivity contribution in [2.45, 2.75) is 25.6 Å². The molecule has 0 N–H and O–H groups in total. The lowest BCUT2D eigenvalue weighted by molar-refractivity contribution is 0.568. The summed E-state index contributed by atoms with van der Waals surface area (Å²) in [5.41, 5.74) is 1.37.